The lowest BCUT2D eigenvalue weighted by atomic mass is 9.95. The van der Waals surface area contributed by atoms with Crippen molar-refractivity contribution in [3.8, 4) is 45.6 Å². The van der Waals surface area contributed by atoms with Crippen LogP contribution in [0.25, 0.3) is 21.6 Å². The minimum absolute atomic E-state index is 0.116. The number of unbranched alkanes of at least 4 members (excludes halogenated alkanes) is 39. The Morgan fingerprint density at radius 1 is 0.421 bits per heavy atom. The Morgan fingerprint density at radius 2 is 0.879 bits per heavy atom. The van der Waals surface area contributed by atoms with Crippen molar-refractivity contribution in [3.05, 3.63) is 176 Å². The maximum absolute atomic E-state index is 15.8. The summed E-state index contributed by atoms with van der Waals surface area (Å²) in [6.45, 7) is 22.9. The molecule has 0 aliphatic carbocycles. The number of hydrogen-bond donors (Lipinski definition) is 6. The predicted molar refractivity (Wildman–Crippen MR) is 569 cm³/mol. The average molecular weight is 1940 g/mol. The summed E-state index contributed by atoms with van der Waals surface area (Å²) < 4.78 is 48.5. The van der Waals surface area contributed by atoms with Crippen LogP contribution in [0.5, 0.6) is 34.5 Å². The lowest BCUT2D eigenvalue weighted by Gasteiger charge is -2.28. The van der Waals surface area contributed by atoms with Gasteiger partial charge in [0.05, 0.1) is 58.7 Å². The fraction of sp³-hybridized carbons (Fsp3) is 0.641. The van der Waals surface area contributed by atoms with Gasteiger partial charge in [-0.15, -0.1) is 0 Å². The minimum atomic E-state index is -1.59. The molecule has 6 aromatic rings. The van der Waals surface area contributed by atoms with Crippen molar-refractivity contribution in [2.45, 2.75) is 432 Å². The first-order valence-corrected chi connectivity index (χ1v) is 54.1. The molecule has 23 heteroatoms. The molecule has 0 aliphatic heterocycles. The predicted octanol–water partition coefficient (Wildman–Crippen LogP) is 26.9. The second kappa shape index (κ2) is 70.8. The normalized spacial score (nSPS) is 12.6. The number of esters is 1. The fourth-order valence-electron chi connectivity index (χ4n) is 17.8. The average Bonchev–Trinajstić information content (AvgIpc) is 0.803. The van der Waals surface area contributed by atoms with Gasteiger partial charge in [0.15, 0.2) is 6.61 Å². The number of amides is 5. The summed E-state index contributed by atoms with van der Waals surface area (Å²) >= 11 is 0. The van der Waals surface area contributed by atoms with Crippen LogP contribution < -0.4 is 60.7 Å². The number of benzene rings is 6. The first-order valence-electron chi connectivity index (χ1n) is 54.1. The summed E-state index contributed by atoms with van der Waals surface area (Å²) in [5.41, 5.74) is 22.1. The summed E-state index contributed by atoms with van der Waals surface area (Å²) in [6.07, 6.45) is 55.5. The molecule has 23 nitrogen and oxygen atoms in total. The van der Waals surface area contributed by atoms with Gasteiger partial charge in [0, 0.05) is 47.7 Å². The first kappa shape index (κ1) is 119. The van der Waals surface area contributed by atoms with E-state index in [1.165, 1.54) is 238 Å². The molecular weight excluding hydrogens is 1760 g/mol. The molecule has 0 saturated carbocycles. The Hall–Kier alpha value is -9.83. The van der Waals surface area contributed by atoms with E-state index in [4.69, 9.17) is 49.2 Å². The van der Waals surface area contributed by atoms with Crippen molar-refractivity contribution in [2.24, 2.45) is 10.8 Å². The van der Waals surface area contributed by atoms with E-state index in [1.807, 2.05) is 95.3 Å². The highest BCUT2D eigenvalue weighted by molar-refractivity contribution is 5.96. The Morgan fingerprint density at radius 3 is 1.38 bits per heavy atom. The van der Waals surface area contributed by atoms with Gasteiger partial charge in [-0.05, 0) is 194 Å². The van der Waals surface area contributed by atoms with Gasteiger partial charge in [0.25, 0.3) is 5.91 Å². The Balaban J connectivity index is 1.18. The highest BCUT2D eigenvalue weighted by Crippen LogP contribution is 2.36. The summed E-state index contributed by atoms with van der Waals surface area (Å²) in [5, 5.41) is 18.6. The molecule has 0 bridgehead atoms. The van der Waals surface area contributed by atoms with Crippen LogP contribution in [0.1, 0.15) is 402 Å². The van der Waals surface area contributed by atoms with Gasteiger partial charge in [-0.2, -0.15) is 0 Å². The second-order valence-corrected chi connectivity index (χ2v) is 40.6. The molecule has 778 valence electrons. The number of aryl methyl sites for hydroxylation is 4. The number of carbonyl (C=O) groups excluding carboxylic acids is 6. The van der Waals surface area contributed by atoms with Gasteiger partial charge in [-0.3, -0.25) is 28.8 Å². The molecule has 5 atom stereocenters. The highest BCUT2D eigenvalue weighted by Gasteiger charge is 2.35. The molecule has 6 aromatic carbocycles. The van der Waals surface area contributed by atoms with Crippen molar-refractivity contribution in [1.82, 2.24) is 26.6 Å². The van der Waals surface area contributed by atoms with Gasteiger partial charge in [-0.1, -0.05) is 342 Å². The van der Waals surface area contributed by atoms with Gasteiger partial charge < -0.3 is 70.2 Å². The van der Waals surface area contributed by atoms with Gasteiger partial charge >= 0.3 is 5.97 Å². The molecule has 0 spiro atoms. The van der Waals surface area contributed by atoms with E-state index in [0.29, 0.717) is 97.5 Å². The molecule has 6 rings (SSSR count). The number of nitrogens with zero attached hydrogens (tertiary/aromatic N) is 3. The zero-order valence-electron chi connectivity index (χ0n) is 88.5. The van der Waals surface area contributed by atoms with E-state index in [1.54, 1.807) is 70.3 Å². The van der Waals surface area contributed by atoms with Crippen LogP contribution in [0, 0.1) is 13.8 Å². The van der Waals surface area contributed by atoms with Crippen molar-refractivity contribution < 1.29 is 66.7 Å². The number of rotatable bonds is 79. The zero-order chi connectivity index (χ0) is 101. The zero-order valence-corrected chi connectivity index (χ0v) is 88.5. The summed E-state index contributed by atoms with van der Waals surface area (Å²) in [6, 6.07) is 31.6. The SMILES string of the molecule is CCCCCCCCCCCCCCCCCCCCCCOc1ccc(CNC(=O)COc2ccc(C(NC(=O)[C@H](CCCc3cc(C)cc(C)c3)NC(=O)[C@H](Cc3ccc(-c4ccc(OCCCCN=[N+]=[N-])cc4CC)cc3)NC(=O)[C@H](CC(=O)OC(C)(C)C)NC(=O)[C@@H](N)COC(C)(C)C)c3ccc(OC)cc3OC)cc2)c(OCCCCCCCCCCCCCCCCCCCCCC)c1. The Bertz CT molecular complexity index is 4480. The second-order valence-electron chi connectivity index (χ2n) is 40.6. The molecule has 1 unspecified atom stereocenters. The van der Waals surface area contributed by atoms with Crippen LogP contribution in [-0.2, 0) is 64.0 Å². The van der Waals surface area contributed by atoms with Crippen LogP contribution in [-0.4, -0.2) is 125 Å². The van der Waals surface area contributed by atoms with Crippen LogP contribution in [0.15, 0.2) is 126 Å². The van der Waals surface area contributed by atoms with Gasteiger partial charge in [-0.25, -0.2) is 0 Å². The molecule has 7 N–H and O–H groups in total. The number of nitrogens with two attached hydrogens (primary N) is 1. The third-order valence-electron chi connectivity index (χ3n) is 25.8. The minimum Gasteiger partial charge on any atom is -0.497 e. The van der Waals surface area contributed by atoms with E-state index in [9.17, 15) is 14.4 Å². The van der Waals surface area contributed by atoms with Crippen LogP contribution >= 0.6 is 0 Å². The van der Waals surface area contributed by atoms with E-state index in [2.05, 4.69) is 75.6 Å². The highest BCUT2D eigenvalue weighted by atomic mass is 16.6. The molecule has 0 aromatic heterocycles. The standard InChI is InChI=1S/C117H181N9O14/c1-14-17-19-21-23-25-27-29-31-33-35-37-39-41-43-45-47-49-51-54-75-136-100-69-66-96(107(84-100)137-77-55-52-50-48-46-44-42-40-38-36-34-32-30-28-26-24-22-20-18-15-2)86-120-109(127)88-138-97-67-64-95(65-68-97)111(102-73-70-98(133-12)83-108(102)134-13)125-113(130)104(59-57-58-92-79-89(4)78-90(5)80-92)122-114(131)105(124-115(132)106(85-110(128)140-117(9,10)11)123-112(129)103(118)87-139-116(6,7)8)81-91-60-62-94(63-61-91)101-72-71-99(82-93(101)16-3)135-76-56-53-74-121-126-119/h60-73,78-80,82-84,103-106,111H,14-59,74-77,81,85-88,118H2,1-13H3,(H,120,127)(H,122,131)(H,123,129)(H,124,132)(H,125,130)/t103-,104-,105-,106-,111?/m0/s1. The summed E-state index contributed by atoms with van der Waals surface area (Å²) in [7, 11) is 3.08. The molecule has 0 radical (unpaired) electrons. The molecule has 140 heavy (non-hydrogen) atoms. The van der Waals surface area contributed by atoms with Gasteiger partial charge in [0.1, 0.15) is 64.3 Å². The Kier molecular flexibility index (Phi) is 60.1. The van der Waals surface area contributed by atoms with Crippen molar-refractivity contribution in [2.75, 3.05) is 53.8 Å². The van der Waals surface area contributed by atoms with E-state index >= 15 is 14.4 Å². The van der Waals surface area contributed by atoms with Crippen LogP contribution in [0.2, 0.25) is 0 Å². The Labute approximate surface area is 842 Å². The molecule has 5 amide bonds. The summed E-state index contributed by atoms with van der Waals surface area (Å²) in [5.74, 6) is -0.708. The van der Waals surface area contributed by atoms with E-state index < -0.39 is 77.4 Å². The molecule has 0 aliphatic rings. The smallest absolute Gasteiger partial charge is 0.308 e. The van der Waals surface area contributed by atoms with Crippen LogP contribution in [0.3, 0.4) is 0 Å². The molecular formula is C117H181N9O14. The third kappa shape index (κ3) is 51.7. The van der Waals surface area contributed by atoms with Gasteiger partial charge in [0.2, 0.25) is 23.6 Å². The van der Waals surface area contributed by atoms with E-state index in [0.717, 1.165) is 76.8 Å². The maximum Gasteiger partial charge on any atom is 0.308 e. The number of ether oxygens (including phenoxy) is 8. The van der Waals surface area contributed by atoms with Crippen molar-refractivity contribution in [3.63, 3.8) is 0 Å². The lowest BCUT2D eigenvalue weighted by Crippen LogP contribution is -2.59. The molecule has 0 saturated heterocycles. The quantitative estimate of drug-likeness (QED) is 0.00680. The largest absolute Gasteiger partial charge is 0.497 e. The van der Waals surface area contributed by atoms with E-state index in [-0.39, 0.29) is 38.5 Å². The monoisotopic (exact) mass is 1940 g/mol. The number of hydrogen-bond acceptors (Lipinski definition) is 16. The molecule has 0 heterocycles. The van der Waals surface area contributed by atoms with Crippen molar-refractivity contribution in [1.29, 1.82) is 0 Å². The maximum atomic E-state index is 15.8. The number of methoxy groups -OCH3 is 2. The lowest BCUT2D eigenvalue weighted by molar-refractivity contribution is -0.156. The summed E-state index contributed by atoms with van der Waals surface area (Å²) in [4.78, 5) is 91.2. The number of azide groups is 1. The number of nitrogens with one attached hydrogen (secondary N) is 5. The first-order chi connectivity index (χ1) is 67.7. The number of carbonyl (C=O) groups is 6. The van der Waals surface area contributed by atoms with Crippen molar-refractivity contribution >= 4 is 35.5 Å². The topological polar surface area (TPSA) is 311 Å². The third-order valence-corrected chi connectivity index (χ3v) is 25.8. The van der Waals surface area contributed by atoms with Crippen LogP contribution in [0.4, 0.5) is 0 Å². The fourth-order valence-corrected chi connectivity index (χ4v) is 17.8. The molecule has 0 fully saturated rings.